The molecule has 0 bridgehead atoms. The molecular weight excluding hydrogens is 619 g/mol. The van der Waals surface area contributed by atoms with Gasteiger partial charge in [0.2, 0.25) is 0 Å². The summed E-state index contributed by atoms with van der Waals surface area (Å²) >= 11 is 0. The minimum atomic E-state index is -1.32. The zero-order valence-corrected chi connectivity index (χ0v) is 30.2. The number of hydrogen-bond donors (Lipinski definition) is 0. The van der Waals surface area contributed by atoms with Gasteiger partial charge in [0.1, 0.15) is 5.69 Å². The van der Waals surface area contributed by atoms with Crippen molar-refractivity contribution in [1.82, 2.24) is 4.98 Å². The number of benzene rings is 4. The van der Waals surface area contributed by atoms with E-state index in [0.29, 0.717) is 11.3 Å². The van der Waals surface area contributed by atoms with Crippen LogP contribution in [0.25, 0.3) is 11.1 Å². The minimum Gasteiger partial charge on any atom is -0.440 e. The molecule has 50 heavy (non-hydrogen) atoms. The number of ether oxygens (including phenoxy) is 1. The van der Waals surface area contributed by atoms with Crippen molar-refractivity contribution < 1.29 is 9.53 Å². The zero-order valence-electron chi connectivity index (χ0n) is 30.2. The Bertz CT molecular complexity index is 1800. The highest BCUT2D eigenvalue weighted by Crippen LogP contribution is 2.44. The molecule has 1 aromatic heterocycles. The lowest BCUT2D eigenvalue weighted by Crippen LogP contribution is -2.23. The summed E-state index contributed by atoms with van der Waals surface area (Å²) in [4.78, 5) is 26.9. The molecule has 0 spiro atoms. The number of pyridine rings is 1. The molecule has 7 heteroatoms. The van der Waals surface area contributed by atoms with Gasteiger partial charge in [0.15, 0.2) is 5.60 Å². The van der Waals surface area contributed by atoms with Gasteiger partial charge in [-0.1, -0.05) is 48.5 Å². The molecule has 6 rings (SSSR count). The van der Waals surface area contributed by atoms with Gasteiger partial charge < -0.3 is 24.3 Å². The topological polar surface area (TPSA) is 52.2 Å². The molecule has 0 N–H and O–H groups in total. The molecule has 1 aliphatic rings. The molecule has 0 saturated carbocycles. The monoisotopic (exact) mass is 663 g/mol. The van der Waals surface area contributed by atoms with Crippen LogP contribution in [-0.4, -0.2) is 67.3 Å². The molecule has 0 atom stereocenters. The van der Waals surface area contributed by atoms with Gasteiger partial charge in [0.05, 0.1) is 5.56 Å². The quantitative estimate of drug-likeness (QED) is 0.141. The van der Waals surface area contributed by atoms with E-state index in [1.165, 1.54) is 0 Å². The summed E-state index contributed by atoms with van der Waals surface area (Å²) in [6, 6.07) is 37.4. The summed E-state index contributed by atoms with van der Waals surface area (Å²) in [5.41, 5.74) is 9.89. The maximum Gasteiger partial charge on any atom is 0.341 e. The van der Waals surface area contributed by atoms with Crippen LogP contribution in [0.3, 0.4) is 0 Å². The zero-order chi connectivity index (χ0) is 35.6. The van der Waals surface area contributed by atoms with Crippen LogP contribution in [0.1, 0.15) is 38.3 Å². The number of carbonyl (C=O) groups is 1. The number of fused-ring (bicyclic) bond motifs is 1. The van der Waals surface area contributed by atoms with Gasteiger partial charge in [-0.05, 0) is 106 Å². The van der Waals surface area contributed by atoms with Gasteiger partial charge in [0.25, 0.3) is 0 Å². The molecule has 254 valence electrons. The first-order valence-electron chi connectivity index (χ1n) is 16.7. The van der Waals surface area contributed by atoms with Gasteiger partial charge in [-0.25, -0.2) is 4.79 Å². The molecule has 0 saturated heterocycles. The van der Waals surface area contributed by atoms with E-state index in [1.54, 1.807) is 18.3 Å². The van der Waals surface area contributed by atoms with Crippen LogP contribution in [0.15, 0.2) is 128 Å². The fraction of sp³-hybridized carbons (Fsp3) is 0.209. The number of carbonyl (C=O) groups excluding carboxylic acids is 1. The molecule has 2 heterocycles. The minimum absolute atomic E-state index is 0.406. The second kappa shape index (κ2) is 14.0. The largest absolute Gasteiger partial charge is 0.440 e. The Morgan fingerprint density at radius 1 is 0.520 bits per heavy atom. The Hall–Kier alpha value is -5.82. The first kappa shape index (κ1) is 34.1. The molecule has 7 nitrogen and oxygen atoms in total. The Balaban J connectivity index is 1.65. The lowest BCUT2D eigenvalue weighted by atomic mass is 9.85. The second-order valence-corrected chi connectivity index (χ2v) is 13.5. The number of esters is 1. The molecule has 0 radical (unpaired) electrons. The molecule has 4 aromatic carbocycles. The van der Waals surface area contributed by atoms with E-state index in [1.807, 2.05) is 56.4 Å². The lowest BCUT2D eigenvalue weighted by molar-refractivity contribution is 0.0292. The number of hydrogen-bond acceptors (Lipinski definition) is 7. The highest BCUT2D eigenvalue weighted by atomic mass is 16.6. The molecule has 5 aromatic rings. The maximum atomic E-state index is 13.7. The highest BCUT2D eigenvalue weighted by molar-refractivity contribution is 5.97. The molecule has 1 aliphatic heterocycles. The first-order chi connectivity index (χ1) is 24.0. The van der Waals surface area contributed by atoms with Gasteiger partial charge in [-0.3, -0.25) is 4.98 Å². The van der Waals surface area contributed by atoms with Crippen LogP contribution in [0.2, 0.25) is 0 Å². The molecule has 0 fully saturated rings. The van der Waals surface area contributed by atoms with Gasteiger partial charge >= 0.3 is 5.97 Å². The second-order valence-electron chi connectivity index (χ2n) is 13.5. The van der Waals surface area contributed by atoms with Crippen LogP contribution in [0, 0.1) is 0 Å². The predicted molar refractivity (Wildman–Crippen MR) is 209 cm³/mol. The number of anilines is 4. The summed E-state index contributed by atoms with van der Waals surface area (Å²) < 4.78 is 6.53. The van der Waals surface area contributed by atoms with E-state index >= 15 is 0 Å². The molecule has 0 aliphatic carbocycles. The Kier molecular flexibility index (Phi) is 9.51. The predicted octanol–water partition coefficient (Wildman–Crippen LogP) is 7.98. The van der Waals surface area contributed by atoms with E-state index in [4.69, 9.17) is 9.72 Å². The van der Waals surface area contributed by atoms with E-state index in [-0.39, 0.29) is 0 Å². The standard InChI is InChI=1S/C43H45N5O2/c1-45(2)34-19-11-30(12-20-34)39(31-13-21-35(22-14-31)46(3)4)28-43(41-38(42(49)50-43)10-9-27-44-41)29-40(32-15-23-36(24-16-32)47(5)6)33-17-25-37(26-18-33)48(7)8/h9-29H,1-8H3. The van der Waals surface area contributed by atoms with Crippen LogP contribution in [0.5, 0.6) is 0 Å². The van der Waals surface area contributed by atoms with Crippen LogP contribution >= 0.6 is 0 Å². The summed E-state index contributed by atoms with van der Waals surface area (Å²) in [6.45, 7) is 0. The van der Waals surface area contributed by atoms with E-state index in [2.05, 4.69) is 129 Å². The molecule has 0 amide bonds. The van der Waals surface area contributed by atoms with Crippen molar-refractivity contribution in [3.8, 4) is 0 Å². The Morgan fingerprint density at radius 3 is 1.14 bits per heavy atom. The summed E-state index contributed by atoms with van der Waals surface area (Å²) in [7, 11) is 16.3. The van der Waals surface area contributed by atoms with Crippen molar-refractivity contribution in [2.45, 2.75) is 5.60 Å². The van der Waals surface area contributed by atoms with E-state index in [0.717, 1.165) is 56.1 Å². The third-order valence-corrected chi connectivity index (χ3v) is 9.16. The Morgan fingerprint density at radius 2 is 0.840 bits per heavy atom. The fourth-order valence-electron chi connectivity index (χ4n) is 6.23. The number of aromatic nitrogens is 1. The van der Waals surface area contributed by atoms with Crippen molar-refractivity contribution in [2.75, 3.05) is 76.0 Å². The summed E-state index contributed by atoms with van der Waals surface area (Å²) in [5, 5.41) is 0. The molecule has 0 unspecified atom stereocenters. The van der Waals surface area contributed by atoms with Gasteiger partial charge in [-0.2, -0.15) is 0 Å². The van der Waals surface area contributed by atoms with Crippen LogP contribution in [-0.2, 0) is 10.3 Å². The normalized spacial score (nSPS) is 12.8. The summed E-state index contributed by atoms with van der Waals surface area (Å²) in [5.74, 6) is -0.406. The van der Waals surface area contributed by atoms with Crippen LogP contribution < -0.4 is 19.6 Å². The fourth-order valence-corrected chi connectivity index (χ4v) is 6.23. The van der Waals surface area contributed by atoms with Crippen LogP contribution in [0.4, 0.5) is 22.7 Å². The van der Waals surface area contributed by atoms with Gasteiger partial charge in [0, 0.05) is 85.3 Å². The highest BCUT2D eigenvalue weighted by Gasteiger charge is 2.45. The third kappa shape index (κ3) is 6.85. The Labute approximate surface area is 296 Å². The number of nitrogens with zero attached hydrogens (tertiary/aromatic N) is 5. The first-order valence-corrected chi connectivity index (χ1v) is 16.7. The van der Waals surface area contributed by atoms with Crippen molar-refractivity contribution in [3.05, 3.63) is 161 Å². The van der Waals surface area contributed by atoms with Crippen molar-refractivity contribution in [1.29, 1.82) is 0 Å². The van der Waals surface area contributed by atoms with Gasteiger partial charge in [-0.15, -0.1) is 0 Å². The lowest BCUT2D eigenvalue weighted by Gasteiger charge is -2.26. The van der Waals surface area contributed by atoms with E-state index in [9.17, 15) is 4.79 Å². The average molecular weight is 664 g/mol. The third-order valence-electron chi connectivity index (χ3n) is 9.16. The number of cyclic esters (lactones) is 1. The van der Waals surface area contributed by atoms with E-state index < -0.39 is 11.6 Å². The molecular formula is C43H45N5O2. The van der Waals surface area contributed by atoms with Crippen molar-refractivity contribution in [3.63, 3.8) is 0 Å². The smallest absolute Gasteiger partial charge is 0.341 e. The van der Waals surface area contributed by atoms with Crippen molar-refractivity contribution >= 4 is 39.9 Å². The summed E-state index contributed by atoms with van der Waals surface area (Å²) in [6.07, 6.45) is 5.87. The SMILES string of the molecule is CN(C)c1ccc(C(=CC2(C=C(c3ccc(N(C)C)cc3)c3ccc(N(C)C)cc3)OC(=O)c3cccnc32)c2ccc(N(C)C)cc2)cc1. The average Bonchev–Trinajstić information content (AvgIpc) is 3.40. The maximum absolute atomic E-state index is 13.7. The number of rotatable bonds is 10. The van der Waals surface area contributed by atoms with Crippen molar-refractivity contribution in [2.24, 2.45) is 0 Å².